The van der Waals surface area contributed by atoms with E-state index < -0.39 is 5.91 Å². The average molecular weight is 412 g/mol. The number of phenolic OH excluding ortho intramolecular Hbond substituents is 2. The van der Waals surface area contributed by atoms with Gasteiger partial charge in [-0.2, -0.15) is 0 Å². The second-order valence-corrected chi connectivity index (χ2v) is 7.06. The molecule has 31 heavy (non-hydrogen) atoms. The minimum Gasteiger partial charge on any atom is -0.508 e. The molecular formula is C24H20N4O3. The molecule has 2 N–H and O–H groups in total. The fourth-order valence-electron chi connectivity index (χ4n) is 3.30. The molecule has 7 heteroatoms. The van der Waals surface area contributed by atoms with E-state index in [0.29, 0.717) is 5.69 Å². The quantitative estimate of drug-likeness (QED) is 0.512. The van der Waals surface area contributed by atoms with Crippen LogP contribution in [-0.2, 0) is 6.54 Å². The number of pyridine rings is 1. The summed E-state index contributed by atoms with van der Waals surface area (Å²) >= 11 is 0. The number of rotatable bonds is 5. The number of amides is 1. The van der Waals surface area contributed by atoms with Crippen LogP contribution in [0.3, 0.4) is 0 Å². The molecule has 0 aliphatic heterocycles. The highest BCUT2D eigenvalue weighted by Gasteiger charge is 2.22. The number of benzene rings is 2. The highest BCUT2D eigenvalue weighted by molar-refractivity contribution is 6.08. The summed E-state index contributed by atoms with van der Waals surface area (Å²) in [4.78, 5) is 27.4. The molecule has 0 aliphatic rings. The summed E-state index contributed by atoms with van der Waals surface area (Å²) < 4.78 is 0. The van der Waals surface area contributed by atoms with Gasteiger partial charge in [-0.25, -0.2) is 9.97 Å². The monoisotopic (exact) mass is 412 g/mol. The summed E-state index contributed by atoms with van der Waals surface area (Å²) in [5.74, 6) is -0.792. The van der Waals surface area contributed by atoms with Crippen LogP contribution in [0.4, 0.5) is 5.69 Å². The van der Waals surface area contributed by atoms with Gasteiger partial charge in [-0.15, -0.1) is 0 Å². The molecule has 154 valence electrons. The Hall–Kier alpha value is -4.26. The van der Waals surface area contributed by atoms with Gasteiger partial charge in [0.15, 0.2) is 0 Å². The second-order valence-electron chi connectivity index (χ2n) is 7.06. The van der Waals surface area contributed by atoms with E-state index in [-0.39, 0.29) is 23.6 Å². The molecule has 1 amide bonds. The SMILES string of the molecule is Cc1cncnc1-c1ccc(N(Cc2cccnc2)C(=O)c2ccc(O)cc2O)cc1. The Balaban J connectivity index is 1.72. The number of carbonyl (C=O) groups is 1. The molecule has 4 aromatic rings. The molecule has 0 aliphatic carbocycles. The zero-order chi connectivity index (χ0) is 21.8. The maximum atomic E-state index is 13.3. The Morgan fingerprint density at radius 3 is 2.48 bits per heavy atom. The van der Waals surface area contributed by atoms with Gasteiger partial charge in [0.1, 0.15) is 17.8 Å². The Kier molecular flexibility index (Phi) is 5.57. The zero-order valence-corrected chi connectivity index (χ0v) is 16.8. The summed E-state index contributed by atoms with van der Waals surface area (Å²) in [6.45, 7) is 2.20. The molecule has 4 rings (SSSR count). The predicted molar refractivity (Wildman–Crippen MR) is 117 cm³/mol. The van der Waals surface area contributed by atoms with Crippen LogP contribution in [0.5, 0.6) is 11.5 Å². The molecule has 2 aromatic heterocycles. The van der Waals surface area contributed by atoms with Gasteiger partial charge >= 0.3 is 0 Å². The van der Waals surface area contributed by atoms with Crippen molar-refractivity contribution in [1.82, 2.24) is 15.0 Å². The molecule has 0 atom stereocenters. The van der Waals surface area contributed by atoms with Crippen LogP contribution in [0.2, 0.25) is 0 Å². The van der Waals surface area contributed by atoms with Crippen molar-refractivity contribution in [3.63, 3.8) is 0 Å². The van der Waals surface area contributed by atoms with E-state index in [4.69, 9.17) is 0 Å². The number of hydrogen-bond acceptors (Lipinski definition) is 6. The van der Waals surface area contributed by atoms with Gasteiger partial charge in [-0.05, 0) is 48.4 Å². The summed E-state index contributed by atoms with van der Waals surface area (Å²) in [6, 6.07) is 15.1. The number of aromatic nitrogens is 3. The molecule has 2 aromatic carbocycles. The minimum absolute atomic E-state index is 0.0948. The fourth-order valence-corrected chi connectivity index (χ4v) is 3.30. The number of anilines is 1. The maximum Gasteiger partial charge on any atom is 0.262 e. The summed E-state index contributed by atoms with van der Waals surface area (Å²) in [5, 5.41) is 19.8. The third-order valence-corrected chi connectivity index (χ3v) is 4.87. The lowest BCUT2D eigenvalue weighted by Gasteiger charge is -2.24. The molecule has 0 saturated heterocycles. The predicted octanol–water partition coefficient (Wildman–Crippen LogP) is 4.11. The number of phenols is 2. The van der Waals surface area contributed by atoms with Crippen LogP contribution in [0.15, 0.2) is 79.5 Å². The van der Waals surface area contributed by atoms with Crippen molar-refractivity contribution in [2.24, 2.45) is 0 Å². The van der Waals surface area contributed by atoms with E-state index in [2.05, 4.69) is 15.0 Å². The van der Waals surface area contributed by atoms with Gasteiger partial charge in [0.2, 0.25) is 0 Å². The van der Waals surface area contributed by atoms with Crippen molar-refractivity contribution in [1.29, 1.82) is 0 Å². The number of carbonyl (C=O) groups excluding carboxylic acids is 1. The molecule has 0 fully saturated rings. The molecule has 0 unspecified atom stereocenters. The third kappa shape index (κ3) is 4.35. The fraction of sp³-hybridized carbons (Fsp3) is 0.0833. The van der Waals surface area contributed by atoms with Crippen molar-refractivity contribution in [3.8, 4) is 22.8 Å². The normalized spacial score (nSPS) is 10.6. The first-order chi connectivity index (χ1) is 15.0. The van der Waals surface area contributed by atoms with Gasteiger partial charge < -0.3 is 15.1 Å². The summed E-state index contributed by atoms with van der Waals surface area (Å²) in [5.41, 5.74) is 4.26. The van der Waals surface area contributed by atoms with Crippen LogP contribution in [0, 0.1) is 6.92 Å². The van der Waals surface area contributed by atoms with E-state index in [0.717, 1.165) is 28.5 Å². The molecule has 0 bridgehead atoms. The lowest BCUT2D eigenvalue weighted by Crippen LogP contribution is -2.30. The lowest BCUT2D eigenvalue weighted by molar-refractivity contribution is 0.0982. The standard InChI is InChI=1S/C24H20N4O3/c1-16-12-26-15-27-23(16)18-4-6-19(7-5-18)28(14-17-3-2-10-25-13-17)24(31)21-9-8-20(29)11-22(21)30/h2-13,15,29-30H,14H2,1H3. The highest BCUT2D eigenvalue weighted by atomic mass is 16.3. The van der Waals surface area contributed by atoms with Crippen molar-refractivity contribution >= 4 is 11.6 Å². The maximum absolute atomic E-state index is 13.3. The van der Waals surface area contributed by atoms with E-state index in [9.17, 15) is 15.0 Å². The molecule has 7 nitrogen and oxygen atoms in total. The Labute approximate surface area is 179 Å². The van der Waals surface area contributed by atoms with Crippen molar-refractivity contribution in [3.05, 3.63) is 96.2 Å². The molecule has 0 spiro atoms. The lowest BCUT2D eigenvalue weighted by atomic mass is 10.1. The molecule has 0 saturated carbocycles. The van der Waals surface area contributed by atoms with E-state index in [1.807, 2.05) is 37.3 Å². The smallest absolute Gasteiger partial charge is 0.262 e. The molecule has 0 radical (unpaired) electrons. The van der Waals surface area contributed by atoms with Crippen LogP contribution in [0.1, 0.15) is 21.5 Å². The van der Waals surface area contributed by atoms with Crippen molar-refractivity contribution in [2.75, 3.05) is 4.90 Å². The van der Waals surface area contributed by atoms with E-state index in [1.165, 1.54) is 18.5 Å². The summed E-state index contributed by atoms with van der Waals surface area (Å²) in [7, 11) is 0. The van der Waals surface area contributed by atoms with Crippen molar-refractivity contribution < 1.29 is 15.0 Å². The first-order valence-corrected chi connectivity index (χ1v) is 9.63. The number of aromatic hydroxyl groups is 2. The first kappa shape index (κ1) is 20.0. The second kappa shape index (κ2) is 8.62. The molecule has 2 heterocycles. The zero-order valence-electron chi connectivity index (χ0n) is 16.8. The van der Waals surface area contributed by atoms with Gasteiger partial charge in [0.25, 0.3) is 5.91 Å². The Morgan fingerprint density at radius 1 is 1.00 bits per heavy atom. The third-order valence-electron chi connectivity index (χ3n) is 4.87. The molecular weight excluding hydrogens is 392 g/mol. The van der Waals surface area contributed by atoms with Gasteiger partial charge in [-0.3, -0.25) is 9.78 Å². The number of hydrogen-bond donors (Lipinski definition) is 2. The number of nitrogens with zero attached hydrogens (tertiary/aromatic N) is 4. The highest BCUT2D eigenvalue weighted by Crippen LogP contribution is 2.29. The topological polar surface area (TPSA) is 99.4 Å². The Morgan fingerprint density at radius 2 is 1.81 bits per heavy atom. The van der Waals surface area contributed by atoms with Gasteiger partial charge in [0.05, 0.1) is 17.8 Å². The van der Waals surface area contributed by atoms with Crippen LogP contribution in [0.25, 0.3) is 11.3 Å². The Bertz CT molecular complexity index is 1210. The van der Waals surface area contributed by atoms with Crippen molar-refractivity contribution in [2.45, 2.75) is 13.5 Å². The number of aryl methyl sites for hydroxylation is 1. The first-order valence-electron chi connectivity index (χ1n) is 9.63. The van der Waals surface area contributed by atoms with Gasteiger partial charge in [0, 0.05) is 35.9 Å². The average Bonchev–Trinajstić information content (AvgIpc) is 2.78. The van der Waals surface area contributed by atoms with Crippen LogP contribution < -0.4 is 4.90 Å². The largest absolute Gasteiger partial charge is 0.508 e. The minimum atomic E-state index is -0.396. The van der Waals surface area contributed by atoms with Gasteiger partial charge in [-0.1, -0.05) is 18.2 Å². The van der Waals surface area contributed by atoms with E-state index >= 15 is 0 Å². The summed E-state index contributed by atoms with van der Waals surface area (Å²) in [6.07, 6.45) is 6.61. The van der Waals surface area contributed by atoms with Crippen LogP contribution in [-0.4, -0.2) is 31.1 Å². The van der Waals surface area contributed by atoms with E-state index in [1.54, 1.807) is 29.6 Å². The van der Waals surface area contributed by atoms with Crippen LogP contribution >= 0.6 is 0 Å².